The van der Waals surface area contributed by atoms with Gasteiger partial charge >= 0.3 is 0 Å². The maximum atomic E-state index is 12.4. The molecule has 0 aliphatic carbocycles. The van der Waals surface area contributed by atoms with E-state index < -0.39 is 15.9 Å². The second-order valence-corrected chi connectivity index (χ2v) is 6.78. The van der Waals surface area contributed by atoms with Gasteiger partial charge in [0.05, 0.1) is 12.1 Å². The van der Waals surface area contributed by atoms with E-state index in [1.54, 1.807) is 25.1 Å². The number of aryl methyl sites for hydroxylation is 1. The highest BCUT2D eigenvalue weighted by atomic mass is 35.5. The fourth-order valence-corrected chi connectivity index (χ4v) is 3.95. The molecule has 0 unspecified atom stereocenters. The van der Waals surface area contributed by atoms with Gasteiger partial charge in [-0.25, -0.2) is 22.7 Å². The average Bonchev–Trinajstić information content (AvgIpc) is 2.60. The molecule has 0 radical (unpaired) electrons. The molecule has 2 aromatic rings. The largest absolute Gasteiger partial charge is 0.269 e. The summed E-state index contributed by atoms with van der Waals surface area (Å²) >= 11 is 5.83. The molecule has 0 bridgehead atoms. The first kappa shape index (κ1) is 14.0. The summed E-state index contributed by atoms with van der Waals surface area (Å²) in [6.07, 6.45) is 0. The number of carbonyl (C=O) groups is 1. The van der Waals surface area contributed by atoms with Gasteiger partial charge in [0.15, 0.2) is 5.82 Å². The number of fused-ring (bicyclic) bond motifs is 1. The number of amides is 1. The topological polar surface area (TPSA) is 80.2 Å². The van der Waals surface area contributed by atoms with Crippen LogP contribution in [0.2, 0.25) is 5.15 Å². The van der Waals surface area contributed by atoms with Crippen LogP contribution < -0.4 is 0 Å². The van der Waals surface area contributed by atoms with Gasteiger partial charge in [-0.2, -0.15) is 0 Å². The van der Waals surface area contributed by atoms with Gasteiger partial charge in [0.25, 0.3) is 15.9 Å². The number of nitrogens with zero attached hydrogens (tertiary/aromatic N) is 3. The molecular formula is C13H10ClN3O3S. The van der Waals surface area contributed by atoms with Crippen LogP contribution in [0.1, 0.15) is 21.9 Å². The van der Waals surface area contributed by atoms with Crippen LogP contribution in [-0.4, -0.2) is 28.6 Å². The van der Waals surface area contributed by atoms with Crippen LogP contribution in [0.5, 0.6) is 0 Å². The van der Waals surface area contributed by atoms with E-state index >= 15 is 0 Å². The molecule has 1 aliphatic heterocycles. The van der Waals surface area contributed by atoms with Crippen molar-refractivity contribution in [1.82, 2.24) is 14.3 Å². The molecule has 0 N–H and O–H groups in total. The maximum absolute atomic E-state index is 12.4. The summed E-state index contributed by atoms with van der Waals surface area (Å²) in [5.74, 6) is -0.392. The smallest absolute Gasteiger partial charge is 0.268 e. The van der Waals surface area contributed by atoms with E-state index in [1.165, 1.54) is 12.1 Å². The van der Waals surface area contributed by atoms with Gasteiger partial charge in [-0.1, -0.05) is 23.7 Å². The van der Waals surface area contributed by atoms with Crippen molar-refractivity contribution in [1.29, 1.82) is 0 Å². The zero-order valence-corrected chi connectivity index (χ0v) is 12.5. The Labute approximate surface area is 126 Å². The highest BCUT2D eigenvalue weighted by Gasteiger charge is 2.41. The molecule has 2 heterocycles. The molecule has 8 heteroatoms. The fraction of sp³-hybridized carbons (Fsp3) is 0.154. The minimum atomic E-state index is -3.86. The van der Waals surface area contributed by atoms with E-state index in [2.05, 4.69) is 9.97 Å². The van der Waals surface area contributed by atoms with Crippen LogP contribution in [0.4, 0.5) is 0 Å². The molecule has 108 valence electrons. The molecule has 1 amide bonds. The Hall–Kier alpha value is -1.99. The molecule has 6 nitrogen and oxygen atoms in total. The summed E-state index contributed by atoms with van der Waals surface area (Å²) in [5, 5.41) is 0.207. The van der Waals surface area contributed by atoms with E-state index in [1.807, 2.05) is 0 Å². The molecule has 3 rings (SSSR count). The summed E-state index contributed by atoms with van der Waals surface area (Å²) in [6.45, 7) is 1.48. The van der Waals surface area contributed by atoms with Gasteiger partial charge < -0.3 is 0 Å². The van der Waals surface area contributed by atoms with E-state index in [4.69, 9.17) is 11.6 Å². The standard InChI is InChI=1S/C13H10ClN3O3S/c1-8-6-11(14)16-12(15-8)7-17-13(18)9-4-2-3-5-10(9)21(17,19)20/h2-6H,7H2,1H3. The molecule has 1 aliphatic rings. The molecular weight excluding hydrogens is 314 g/mol. The number of carbonyl (C=O) groups excluding carboxylic acids is 1. The summed E-state index contributed by atoms with van der Waals surface area (Å²) in [7, 11) is -3.86. The summed E-state index contributed by atoms with van der Waals surface area (Å²) in [5.41, 5.74) is 0.766. The minimum absolute atomic E-state index is 0.00810. The Morgan fingerprint density at radius 1 is 1.24 bits per heavy atom. The lowest BCUT2D eigenvalue weighted by molar-refractivity contribution is 0.0862. The highest BCUT2D eigenvalue weighted by molar-refractivity contribution is 7.90. The van der Waals surface area contributed by atoms with Crippen molar-refractivity contribution in [3.8, 4) is 0 Å². The lowest BCUT2D eigenvalue weighted by atomic mass is 10.2. The van der Waals surface area contributed by atoms with Crippen molar-refractivity contribution in [3.05, 3.63) is 52.6 Å². The Morgan fingerprint density at radius 2 is 1.95 bits per heavy atom. The minimum Gasteiger partial charge on any atom is -0.268 e. The lowest BCUT2D eigenvalue weighted by Gasteiger charge is -2.14. The van der Waals surface area contributed by atoms with E-state index in [-0.39, 0.29) is 28.0 Å². The first-order valence-corrected chi connectivity index (χ1v) is 7.87. The second-order valence-electron chi connectivity index (χ2n) is 4.56. The first-order valence-electron chi connectivity index (χ1n) is 6.06. The number of benzene rings is 1. The molecule has 0 saturated heterocycles. The van der Waals surface area contributed by atoms with Crippen LogP contribution in [0.25, 0.3) is 0 Å². The maximum Gasteiger partial charge on any atom is 0.269 e. The van der Waals surface area contributed by atoms with Crippen LogP contribution in [0, 0.1) is 6.92 Å². The molecule has 21 heavy (non-hydrogen) atoms. The molecule has 0 atom stereocenters. The third-order valence-electron chi connectivity index (χ3n) is 3.07. The SMILES string of the molecule is Cc1cc(Cl)nc(CN2C(=O)c3ccccc3S2(=O)=O)n1. The molecule has 0 spiro atoms. The lowest BCUT2D eigenvalue weighted by Crippen LogP contribution is -2.30. The van der Waals surface area contributed by atoms with Gasteiger partial charge in [-0.05, 0) is 25.1 Å². The second kappa shape index (κ2) is 4.78. The van der Waals surface area contributed by atoms with Gasteiger partial charge in [-0.3, -0.25) is 4.79 Å². The van der Waals surface area contributed by atoms with Crippen molar-refractivity contribution in [2.45, 2.75) is 18.4 Å². The van der Waals surface area contributed by atoms with Gasteiger partial charge in [-0.15, -0.1) is 0 Å². The molecule has 0 saturated carbocycles. The fourth-order valence-electron chi connectivity index (χ4n) is 2.18. The van der Waals surface area contributed by atoms with Crippen molar-refractivity contribution < 1.29 is 13.2 Å². The van der Waals surface area contributed by atoms with E-state index in [9.17, 15) is 13.2 Å². The quantitative estimate of drug-likeness (QED) is 0.787. The monoisotopic (exact) mass is 323 g/mol. The number of hydrogen-bond donors (Lipinski definition) is 0. The summed E-state index contributed by atoms with van der Waals surface area (Å²) in [6, 6.07) is 7.65. The van der Waals surface area contributed by atoms with Gasteiger partial charge in [0.1, 0.15) is 10.0 Å². The average molecular weight is 324 g/mol. The predicted molar refractivity (Wildman–Crippen MR) is 75.3 cm³/mol. The van der Waals surface area contributed by atoms with Crippen molar-refractivity contribution >= 4 is 27.5 Å². The zero-order chi connectivity index (χ0) is 15.2. The van der Waals surface area contributed by atoms with Gasteiger partial charge in [0.2, 0.25) is 0 Å². The number of halogens is 1. The van der Waals surface area contributed by atoms with Crippen LogP contribution in [-0.2, 0) is 16.6 Å². The Bertz CT molecular complexity index is 831. The van der Waals surface area contributed by atoms with E-state index in [0.29, 0.717) is 5.69 Å². The number of rotatable bonds is 2. The number of aromatic nitrogens is 2. The van der Waals surface area contributed by atoms with Gasteiger partial charge in [0, 0.05) is 5.69 Å². The number of hydrogen-bond acceptors (Lipinski definition) is 5. The third-order valence-corrected chi connectivity index (χ3v) is 5.05. The highest BCUT2D eigenvalue weighted by Crippen LogP contribution is 2.30. The number of sulfonamides is 1. The first-order chi connectivity index (χ1) is 9.89. The summed E-state index contributed by atoms with van der Waals surface area (Å²) < 4.78 is 25.5. The molecule has 1 aromatic carbocycles. The van der Waals surface area contributed by atoms with Crippen molar-refractivity contribution in [2.24, 2.45) is 0 Å². The predicted octanol–water partition coefficient (Wildman–Crippen LogP) is 1.78. The Balaban J connectivity index is 2.03. The molecule has 1 aromatic heterocycles. The zero-order valence-electron chi connectivity index (χ0n) is 10.9. The third kappa shape index (κ3) is 2.28. The van der Waals surface area contributed by atoms with Crippen molar-refractivity contribution in [3.63, 3.8) is 0 Å². The normalized spacial score (nSPS) is 16.1. The van der Waals surface area contributed by atoms with E-state index in [0.717, 1.165) is 4.31 Å². The van der Waals surface area contributed by atoms with Crippen LogP contribution in [0.3, 0.4) is 0 Å². The van der Waals surface area contributed by atoms with Crippen LogP contribution >= 0.6 is 11.6 Å². The Morgan fingerprint density at radius 3 is 2.62 bits per heavy atom. The molecule has 0 fully saturated rings. The summed E-state index contributed by atoms with van der Waals surface area (Å²) in [4.78, 5) is 20.3. The van der Waals surface area contributed by atoms with Crippen molar-refractivity contribution in [2.75, 3.05) is 0 Å². The van der Waals surface area contributed by atoms with Crippen LogP contribution in [0.15, 0.2) is 35.2 Å². The Kier molecular flexibility index (Phi) is 3.18.